The average Bonchev–Trinajstić information content (AvgIpc) is 2.85. The Kier molecular flexibility index (Phi) is 3.79. The maximum Gasteiger partial charge on any atom is 0.248 e. The Morgan fingerprint density at radius 1 is 1.53 bits per heavy atom. The molecule has 0 radical (unpaired) electrons. The van der Waals surface area contributed by atoms with Crippen LogP contribution in [0.25, 0.3) is 0 Å². The van der Waals surface area contributed by atoms with Gasteiger partial charge in [-0.1, -0.05) is 0 Å². The summed E-state index contributed by atoms with van der Waals surface area (Å²) >= 11 is 0. The quantitative estimate of drug-likeness (QED) is 0.862. The lowest BCUT2D eigenvalue weighted by atomic mass is 10.2. The Labute approximate surface area is 110 Å². The van der Waals surface area contributed by atoms with Crippen molar-refractivity contribution in [3.63, 3.8) is 0 Å². The summed E-state index contributed by atoms with van der Waals surface area (Å²) in [6.45, 7) is 3.20. The zero-order valence-corrected chi connectivity index (χ0v) is 10.6. The molecule has 0 aliphatic carbocycles. The first-order valence-electron chi connectivity index (χ1n) is 5.94. The van der Waals surface area contributed by atoms with Gasteiger partial charge in [-0.2, -0.15) is 5.10 Å². The molecule has 5 nitrogen and oxygen atoms in total. The molecular weight excluding hydrogens is 247 g/mol. The summed E-state index contributed by atoms with van der Waals surface area (Å²) < 4.78 is 15.4. The molecule has 100 valence electrons. The molecule has 0 spiro atoms. The van der Waals surface area contributed by atoms with Crippen LogP contribution in [0, 0.1) is 5.82 Å². The standard InChI is InChI=1S/C13H15FN4O/c1-2-18-8-9(7-17-18)6-16-12-5-10(13(15)19)3-4-11(12)14/h3-5,7-8,16H,2,6H2,1H3,(H2,15,19). The fourth-order valence-electron chi connectivity index (χ4n) is 1.68. The molecule has 2 rings (SSSR count). The Hall–Kier alpha value is -2.37. The van der Waals surface area contributed by atoms with Crippen LogP contribution in [-0.4, -0.2) is 15.7 Å². The van der Waals surface area contributed by atoms with Gasteiger partial charge in [0.05, 0.1) is 11.9 Å². The lowest BCUT2D eigenvalue weighted by Gasteiger charge is -2.07. The van der Waals surface area contributed by atoms with Crippen LogP contribution in [0.1, 0.15) is 22.8 Å². The van der Waals surface area contributed by atoms with Gasteiger partial charge < -0.3 is 11.1 Å². The molecule has 0 aliphatic rings. The number of halogens is 1. The van der Waals surface area contributed by atoms with Gasteiger partial charge in [-0.25, -0.2) is 4.39 Å². The number of nitrogens with one attached hydrogen (secondary N) is 1. The molecule has 19 heavy (non-hydrogen) atoms. The number of carbonyl (C=O) groups is 1. The van der Waals surface area contributed by atoms with Crippen molar-refractivity contribution >= 4 is 11.6 Å². The Morgan fingerprint density at radius 3 is 2.95 bits per heavy atom. The lowest BCUT2D eigenvalue weighted by Crippen LogP contribution is -2.12. The van der Waals surface area contributed by atoms with Crippen LogP contribution < -0.4 is 11.1 Å². The van der Waals surface area contributed by atoms with E-state index in [2.05, 4.69) is 10.4 Å². The fourth-order valence-corrected chi connectivity index (χ4v) is 1.68. The summed E-state index contributed by atoms with van der Waals surface area (Å²) in [6.07, 6.45) is 3.59. The number of benzene rings is 1. The van der Waals surface area contributed by atoms with Crippen molar-refractivity contribution in [3.8, 4) is 0 Å². The van der Waals surface area contributed by atoms with Gasteiger partial charge in [0.1, 0.15) is 5.82 Å². The predicted molar refractivity (Wildman–Crippen MR) is 70.1 cm³/mol. The predicted octanol–water partition coefficient (Wildman–Crippen LogP) is 1.75. The van der Waals surface area contributed by atoms with Gasteiger partial charge in [0.2, 0.25) is 5.91 Å². The third-order valence-corrected chi connectivity index (χ3v) is 2.74. The molecule has 1 heterocycles. The number of primary amides is 1. The summed E-state index contributed by atoms with van der Waals surface area (Å²) in [7, 11) is 0. The van der Waals surface area contributed by atoms with Gasteiger partial charge in [0, 0.05) is 30.4 Å². The number of hydrogen-bond acceptors (Lipinski definition) is 3. The number of nitrogens with two attached hydrogens (primary N) is 1. The highest BCUT2D eigenvalue weighted by Gasteiger charge is 2.07. The van der Waals surface area contributed by atoms with Gasteiger partial charge in [-0.3, -0.25) is 9.48 Å². The van der Waals surface area contributed by atoms with Crippen molar-refractivity contribution < 1.29 is 9.18 Å². The largest absolute Gasteiger partial charge is 0.378 e. The average molecular weight is 262 g/mol. The van der Waals surface area contributed by atoms with Crippen molar-refractivity contribution in [2.24, 2.45) is 5.73 Å². The Balaban J connectivity index is 2.10. The molecule has 1 aromatic heterocycles. The maximum atomic E-state index is 13.6. The molecule has 2 aromatic rings. The van der Waals surface area contributed by atoms with Crippen LogP contribution in [0.5, 0.6) is 0 Å². The number of hydrogen-bond donors (Lipinski definition) is 2. The van der Waals surface area contributed by atoms with E-state index in [0.717, 1.165) is 12.1 Å². The highest BCUT2D eigenvalue weighted by atomic mass is 19.1. The van der Waals surface area contributed by atoms with E-state index >= 15 is 0 Å². The van der Waals surface area contributed by atoms with Gasteiger partial charge >= 0.3 is 0 Å². The van der Waals surface area contributed by atoms with E-state index in [4.69, 9.17) is 5.73 Å². The number of rotatable bonds is 5. The molecule has 3 N–H and O–H groups in total. The second kappa shape index (κ2) is 5.51. The van der Waals surface area contributed by atoms with Crippen LogP contribution in [-0.2, 0) is 13.1 Å². The van der Waals surface area contributed by atoms with E-state index in [9.17, 15) is 9.18 Å². The van der Waals surface area contributed by atoms with E-state index < -0.39 is 11.7 Å². The van der Waals surface area contributed by atoms with E-state index in [0.29, 0.717) is 6.54 Å². The van der Waals surface area contributed by atoms with Crippen molar-refractivity contribution in [1.82, 2.24) is 9.78 Å². The first-order valence-corrected chi connectivity index (χ1v) is 5.94. The van der Waals surface area contributed by atoms with Crippen LogP contribution in [0.3, 0.4) is 0 Å². The first-order chi connectivity index (χ1) is 9.10. The molecule has 0 atom stereocenters. The lowest BCUT2D eigenvalue weighted by molar-refractivity contribution is 0.100. The number of nitrogens with zero attached hydrogens (tertiary/aromatic N) is 2. The minimum atomic E-state index is -0.582. The third kappa shape index (κ3) is 3.09. The maximum absolute atomic E-state index is 13.6. The molecule has 1 amide bonds. The second-order valence-electron chi connectivity index (χ2n) is 4.12. The number of aryl methyl sites for hydroxylation is 1. The highest BCUT2D eigenvalue weighted by Crippen LogP contribution is 2.17. The summed E-state index contributed by atoms with van der Waals surface area (Å²) in [5.41, 5.74) is 6.62. The molecular formula is C13H15FN4O. The summed E-state index contributed by atoms with van der Waals surface area (Å²) in [5, 5.41) is 7.05. The molecule has 0 bridgehead atoms. The van der Waals surface area contributed by atoms with Crippen molar-refractivity contribution in [1.29, 1.82) is 0 Å². The van der Waals surface area contributed by atoms with Crippen molar-refractivity contribution in [2.75, 3.05) is 5.32 Å². The van der Waals surface area contributed by atoms with E-state index in [1.54, 1.807) is 10.9 Å². The van der Waals surface area contributed by atoms with Gasteiger partial charge in [0.25, 0.3) is 0 Å². The van der Waals surface area contributed by atoms with E-state index in [1.165, 1.54) is 18.2 Å². The van der Waals surface area contributed by atoms with Gasteiger partial charge in [0.15, 0.2) is 0 Å². The second-order valence-corrected chi connectivity index (χ2v) is 4.12. The van der Waals surface area contributed by atoms with Crippen LogP contribution >= 0.6 is 0 Å². The first kappa shape index (κ1) is 13.1. The van der Waals surface area contributed by atoms with Crippen LogP contribution in [0.4, 0.5) is 10.1 Å². The highest BCUT2D eigenvalue weighted by molar-refractivity contribution is 5.93. The zero-order valence-electron chi connectivity index (χ0n) is 10.6. The normalized spacial score (nSPS) is 10.4. The van der Waals surface area contributed by atoms with Gasteiger partial charge in [-0.15, -0.1) is 0 Å². The van der Waals surface area contributed by atoms with Crippen molar-refractivity contribution in [3.05, 3.63) is 47.5 Å². The summed E-state index contributed by atoms with van der Waals surface area (Å²) in [5.74, 6) is -1.00. The Morgan fingerprint density at radius 2 is 2.32 bits per heavy atom. The summed E-state index contributed by atoms with van der Waals surface area (Å²) in [6, 6.07) is 3.98. The van der Waals surface area contributed by atoms with Crippen LogP contribution in [0.2, 0.25) is 0 Å². The number of anilines is 1. The van der Waals surface area contributed by atoms with Gasteiger partial charge in [-0.05, 0) is 25.1 Å². The number of aromatic nitrogens is 2. The molecule has 0 saturated heterocycles. The smallest absolute Gasteiger partial charge is 0.248 e. The van der Waals surface area contributed by atoms with Crippen molar-refractivity contribution in [2.45, 2.75) is 20.0 Å². The zero-order chi connectivity index (χ0) is 13.8. The summed E-state index contributed by atoms with van der Waals surface area (Å²) in [4.78, 5) is 11.0. The third-order valence-electron chi connectivity index (χ3n) is 2.74. The molecule has 6 heteroatoms. The molecule has 0 unspecified atom stereocenters. The Bertz CT molecular complexity index is 594. The fraction of sp³-hybridized carbons (Fsp3) is 0.231. The van der Waals surface area contributed by atoms with Crippen LogP contribution in [0.15, 0.2) is 30.6 Å². The number of carbonyl (C=O) groups excluding carboxylic acids is 1. The topological polar surface area (TPSA) is 72.9 Å². The molecule has 0 aliphatic heterocycles. The molecule has 0 saturated carbocycles. The van der Waals surface area contributed by atoms with E-state index in [-0.39, 0.29) is 11.3 Å². The monoisotopic (exact) mass is 262 g/mol. The molecule has 1 aromatic carbocycles. The SMILES string of the molecule is CCn1cc(CNc2cc(C(N)=O)ccc2F)cn1. The van der Waals surface area contributed by atoms with E-state index in [1.807, 2.05) is 13.1 Å². The minimum absolute atomic E-state index is 0.251. The minimum Gasteiger partial charge on any atom is -0.378 e. The molecule has 0 fully saturated rings. The number of amides is 1.